The maximum atomic E-state index is 13.6. The van der Waals surface area contributed by atoms with Gasteiger partial charge in [0.2, 0.25) is 0 Å². The Morgan fingerprint density at radius 3 is 2.66 bits per heavy atom. The van der Waals surface area contributed by atoms with Crippen LogP contribution in [0.4, 0.5) is 4.79 Å². The lowest BCUT2D eigenvalue weighted by atomic mass is 9.97. The first kappa shape index (κ1) is 27.0. The van der Waals surface area contributed by atoms with Crippen molar-refractivity contribution >= 4 is 6.09 Å². The van der Waals surface area contributed by atoms with Crippen molar-refractivity contribution in [3.05, 3.63) is 64.8 Å². The van der Waals surface area contributed by atoms with E-state index in [1.807, 2.05) is 44.1 Å². The van der Waals surface area contributed by atoms with E-state index in [4.69, 9.17) is 4.74 Å². The number of amides is 1. The molecule has 1 aliphatic heterocycles. The monoisotopic (exact) mass is 479 g/mol. The molecular formula is C30H45N3O2. The number of hydrogen-bond acceptors (Lipinski definition) is 4. The number of rotatable bonds is 10. The standard InChI is InChI=1S/C30H45N3O2/c1-8-10-11-22(3)28(33(19-15-24-12-13-24)29(34)35-30(5,6)7)23(4)27(9-2)32-18-16-25-20-31-17-14-26(25)21-32/h9,14,17,20,24H,2,8,10-13,15-16,18-19,21H2,1,3-7H3/b27-23+,28-22+. The molecule has 1 fully saturated rings. The number of unbranched alkanes of at least 4 members (excludes halogenated alkanes) is 1. The summed E-state index contributed by atoms with van der Waals surface area (Å²) in [5.74, 6) is 0.729. The van der Waals surface area contributed by atoms with Gasteiger partial charge in [0.15, 0.2) is 0 Å². The van der Waals surface area contributed by atoms with Crippen LogP contribution < -0.4 is 0 Å². The Kier molecular flexibility index (Phi) is 9.21. The molecule has 0 N–H and O–H groups in total. The average Bonchev–Trinajstić information content (AvgIpc) is 3.63. The summed E-state index contributed by atoms with van der Waals surface area (Å²) in [4.78, 5) is 22.2. The second-order valence-corrected chi connectivity index (χ2v) is 11.1. The molecule has 1 aromatic heterocycles. The second-order valence-electron chi connectivity index (χ2n) is 11.1. The Morgan fingerprint density at radius 2 is 2.03 bits per heavy atom. The number of hydrogen-bond donors (Lipinski definition) is 0. The van der Waals surface area contributed by atoms with Crippen LogP contribution in [0, 0.1) is 5.92 Å². The second kappa shape index (κ2) is 11.9. The molecule has 1 aromatic rings. The minimum atomic E-state index is -0.541. The fourth-order valence-corrected chi connectivity index (χ4v) is 4.86. The Balaban J connectivity index is 2.02. The van der Waals surface area contributed by atoms with Crippen molar-refractivity contribution in [1.82, 2.24) is 14.8 Å². The molecule has 2 aliphatic rings. The van der Waals surface area contributed by atoms with Gasteiger partial charge in [-0.15, -0.1) is 0 Å². The Morgan fingerprint density at radius 1 is 1.29 bits per heavy atom. The smallest absolute Gasteiger partial charge is 0.414 e. The van der Waals surface area contributed by atoms with Crippen LogP contribution in [-0.4, -0.2) is 39.6 Å². The van der Waals surface area contributed by atoms with Crippen molar-refractivity contribution in [1.29, 1.82) is 0 Å². The predicted octanol–water partition coefficient (Wildman–Crippen LogP) is 7.40. The van der Waals surface area contributed by atoms with Crippen molar-refractivity contribution < 1.29 is 9.53 Å². The Bertz CT molecular complexity index is 966. The van der Waals surface area contributed by atoms with Gasteiger partial charge in [-0.2, -0.15) is 0 Å². The molecule has 1 aliphatic carbocycles. The highest BCUT2D eigenvalue weighted by Crippen LogP contribution is 2.35. The number of allylic oxidation sites excluding steroid dienone is 3. The van der Waals surface area contributed by atoms with Crippen LogP contribution in [-0.2, 0) is 17.7 Å². The van der Waals surface area contributed by atoms with Crippen LogP contribution in [0.1, 0.15) is 91.2 Å². The predicted molar refractivity (Wildman–Crippen MR) is 144 cm³/mol. The summed E-state index contributed by atoms with van der Waals surface area (Å²) in [5, 5.41) is 0. The summed E-state index contributed by atoms with van der Waals surface area (Å²) in [7, 11) is 0. The van der Waals surface area contributed by atoms with E-state index in [2.05, 4.69) is 43.3 Å². The van der Waals surface area contributed by atoms with Gasteiger partial charge in [-0.1, -0.05) is 32.8 Å². The summed E-state index contributed by atoms with van der Waals surface area (Å²) in [5.41, 5.74) is 6.55. The minimum absolute atomic E-state index is 0.248. The van der Waals surface area contributed by atoms with Crippen LogP contribution in [0.25, 0.3) is 0 Å². The molecule has 0 radical (unpaired) electrons. The van der Waals surface area contributed by atoms with Crippen LogP contribution in [0.2, 0.25) is 0 Å². The van der Waals surface area contributed by atoms with E-state index in [1.165, 1.54) is 29.5 Å². The SMILES string of the molecule is C=C/C(=C(C)\C(=C(\C)CCCC)N(CCC1CC1)C(=O)OC(C)(C)C)N1CCc2cnccc2C1. The molecule has 192 valence electrons. The third kappa shape index (κ3) is 7.46. The van der Waals surface area contributed by atoms with Gasteiger partial charge >= 0.3 is 6.09 Å². The van der Waals surface area contributed by atoms with E-state index in [0.717, 1.165) is 68.1 Å². The number of nitrogens with zero attached hydrogens (tertiary/aromatic N) is 3. The first-order chi connectivity index (χ1) is 16.6. The quantitative estimate of drug-likeness (QED) is 0.328. The third-order valence-corrected chi connectivity index (χ3v) is 6.94. The first-order valence-electron chi connectivity index (χ1n) is 13.3. The molecular weight excluding hydrogens is 434 g/mol. The number of fused-ring (bicyclic) bond motifs is 1. The zero-order valence-corrected chi connectivity index (χ0v) is 22.8. The zero-order valence-electron chi connectivity index (χ0n) is 22.8. The molecule has 0 unspecified atom stereocenters. The number of aromatic nitrogens is 1. The summed E-state index contributed by atoms with van der Waals surface area (Å²) in [6, 6.07) is 2.11. The van der Waals surface area contributed by atoms with Crippen molar-refractivity contribution in [2.24, 2.45) is 5.92 Å². The van der Waals surface area contributed by atoms with Crippen LogP contribution >= 0.6 is 0 Å². The summed E-state index contributed by atoms with van der Waals surface area (Å²) in [6.07, 6.45) is 13.3. The minimum Gasteiger partial charge on any atom is -0.443 e. The van der Waals surface area contributed by atoms with Gasteiger partial charge in [-0.25, -0.2) is 4.79 Å². The maximum absolute atomic E-state index is 13.6. The molecule has 0 saturated heterocycles. The lowest BCUT2D eigenvalue weighted by molar-refractivity contribution is 0.0310. The third-order valence-electron chi connectivity index (χ3n) is 6.94. The van der Waals surface area contributed by atoms with Crippen molar-refractivity contribution in [2.75, 3.05) is 13.1 Å². The van der Waals surface area contributed by atoms with Gasteiger partial charge in [0.25, 0.3) is 0 Å². The van der Waals surface area contributed by atoms with E-state index < -0.39 is 5.60 Å². The molecule has 0 bridgehead atoms. The molecule has 5 heteroatoms. The van der Waals surface area contributed by atoms with Crippen molar-refractivity contribution in [2.45, 2.75) is 98.6 Å². The highest BCUT2D eigenvalue weighted by molar-refractivity contribution is 5.72. The number of ether oxygens (including phenoxy) is 1. The Hall–Kier alpha value is -2.56. The first-order valence-corrected chi connectivity index (χ1v) is 13.3. The van der Waals surface area contributed by atoms with E-state index in [1.54, 1.807) is 0 Å². The largest absolute Gasteiger partial charge is 0.443 e. The van der Waals surface area contributed by atoms with E-state index in [9.17, 15) is 4.79 Å². The Labute approximate surface area is 212 Å². The lowest BCUT2D eigenvalue weighted by Gasteiger charge is -2.35. The van der Waals surface area contributed by atoms with E-state index in [0.29, 0.717) is 6.54 Å². The maximum Gasteiger partial charge on any atom is 0.414 e. The molecule has 1 amide bonds. The number of carbonyl (C=O) groups excluding carboxylic acids is 1. The summed E-state index contributed by atoms with van der Waals surface area (Å²) in [6.45, 7) is 19.0. The van der Waals surface area contributed by atoms with E-state index in [-0.39, 0.29) is 6.09 Å². The summed E-state index contributed by atoms with van der Waals surface area (Å²) < 4.78 is 5.93. The highest BCUT2D eigenvalue weighted by atomic mass is 16.6. The molecule has 0 atom stereocenters. The van der Waals surface area contributed by atoms with Gasteiger partial charge in [0, 0.05) is 37.7 Å². The molecule has 2 heterocycles. The molecule has 0 aromatic carbocycles. The summed E-state index contributed by atoms with van der Waals surface area (Å²) >= 11 is 0. The van der Waals surface area contributed by atoms with Crippen molar-refractivity contribution in [3.8, 4) is 0 Å². The van der Waals surface area contributed by atoms with Gasteiger partial charge in [-0.05, 0) is 101 Å². The van der Waals surface area contributed by atoms with Crippen LogP contribution in [0.15, 0.2) is 53.7 Å². The average molecular weight is 480 g/mol. The molecule has 1 saturated carbocycles. The normalized spacial score (nSPS) is 17.3. The van der Waals surface area contributed by atoms with E-state index >= 15 is 0 Å². The topological polar surface area (TPSA) is 45.7 Å². The fraction of sp³-hybridized carbons (Fsp3) is 0.600. The highest BCUT2D eigenvalue weighted by Gasteiger charge is 2.31. The van der Waals surface area contributed by atoms with Gasteiger partial charge in [0.05, 0.1) is 5.70 Å². The van der Waals surface area contributed by atoms with Gasteiger partial charge in [-0.3, -0.25) is 9.88 Å². The van der Waals surface area contributed by atoms with Gasteiger partial charge in [0.1, 0.15) is 5.60 Å². The van der Waals surface area contributed by atoms with Crippen molar-refractivity contribution in [3.63, 3.8) is 0 Å². The lowest BCUT2D eigenvalue weighted by Crippen LogP contribution is -2.39. The molecule has 0 spiro atoms. The molecule has 5 nitrogen and oxygen atoms in total. The molecule has 35 heavy (non-hydrogen) atoms. The fourth-order valence-electron chi connectivity index (χ4n) is 4.86. The number of carbonyl (C=O) groups is 1. The molecule has 3 rings (SSSR count). The zero-order chi connectivity index (χ0) is 25.6. The number of pyridine rings is 1. The van der Waals surface area contributed by atoms with Gasteiger partial charge < -0.3 is 9.64 Å². The van der Waals surface area contributed by atoms with Crippen LogP contribution in [0.3, 0.4) is 0 Å². The van der Waals surface area contributed by atoms with Crippen LogP contribution in [0.5, 0.6) is 0 Å².